The molecule has 1 aromatic rings. The van der Waals surface area contributed by atoms with Gasteiger partial charge in [0.25, 0.3) is 0 Å². The molecular weight excluding hydrogens is 268 g/mol. The molecule has 0 radical (unpaired) electrons. The fraction of sp³-hybridized carbons (Fsp3) is 0.625. The van der Waals surface area contributed by atoms with Crippen LogP contribution in [0.4, 0.5) is 0 Å². The second-order valence-electron chi connectivity index (χ2n) is 5.45. The van der Waals surface area contributed by atoms with Crippen LogP contribution in [0.25, 0.3) is 0 Å². The van der Waals surface area contributed by atoms with E-state index in [0.717, 1.165) is 18.4 Å². The summed E-state index contributed by atoms with van der Waals surface area (Å²) in [6.07, 6.45) is 8.42. The Bertz CT molecular complexity index is 441. The molecule has 116 valence electrons. The summed E-state index contributed by atoms with van der Waals surface area (Å²) >= 11 is 0. The number of nitrogens with two attached hydrogens (primary N) is 1. The number of pyridine rings is 1. The van der Waals surface area contributed by atoms with Gasteiger partial charge in [-0.25, -0.2) is 4.98 Å². The van der Waals surface area contributed by atoms with E-state index in [4.69, 9.17) is 15.2 Å². The Morgan fingerprint density at radius 2 is 2.14 bits per heavy atom. The van der Waals surface area contributed by atoms with Gasteiger partial charge in [-0.05, 0) is 44.6 Å². The molecular formula is C16H24N2O3. The fourth-order valence-corrected chi connectivity index (χ4v) is 2.54. The number of aromatic nitrogens is 1. The first-order valence-corrected chi connectivity index (χ1v) is 7.73. The molecule has 0 spiro atoms. The highest BCUT2D eigenvalue weighted by Crippen LogP contribution is 2.22. The molecule has 21 heavy (non-hydrogen) atoms. The molecule has 1 heterocycles. The second-order valence-corrected chi connectivity index (χ2v) is 5.45. The molecule has 1 unspecified atom stereocenters. The summed E-state index contributed by atoms with van der Waals surface area (Å²) in [4.78, 5) is 15.8. The van der Waals surface area contributed by atoms with Crippen LogP contribution in [0.2, 0.25) is 0 Å². The number of carbonyl (C=O) groups is 1. The monoisotopic (exact) mass is 292 g/mol. The Kier molecular flexibility index (Phi) is 5.99. The molecule has 0 saturated heterocycles. The number of carbonyl (C=O) groups excluding carboxylic acids is 1. The van der Waals surface area contributed by atoms with Crippen LogP contribution >= 0.6 is 0 Å². The maximum absolute atomic E-state index is 11.5. The maximum atomic E-state index is 11.5. The van der Waals surface area contributed by atoms with E-state index in [1.54, 1.807) is 13.1 Å². The van der Waals surface area contributed by atoms with Gasteiger partial charge in [-0.1, -0.05) is 12.5 Å². The number of hydrogen-bond donors (Lipinski definition) is 1. The van der Waals surface area contributed by atoms with E-state index in [1.807, 2.05) is 12.1 Å². The molecule has 1 aromatic heterocycles. The Hall–Kier alpha value is -1.62. The first-order chi connectivity index (χ1) is 10.2. The minimum atomic E-state index is -0.642. The van der Waals surface area contributed by atoms with Crippen molar-refractivity contribution in [3.63, 3.8) is 0 Å². The van der Waals surface area contributed by atoms with Crippen molar-refractivity contribution >= 4 is 5.97 Å². The van der Waals surface area contributed by atoms with Crippen LogP contribution in [0.5, 0.6) is 5.88 Å². The standard InChI is InChI=1S/C16H24N2O3/c1-2-20-16(19)14(17)10-12-8-9-15(18-11-12)21-13-6-4-3-5-7-13/h8-9,11,13-14H,2-7,10,17H2,1H3. The van der Waals surface area contributed by atoms with Crippen LogP contribution in [0, 0.1) is 0 Å². The number of hydrogen-bond acceptors (Lipinski definition) is 5. The molecule has 5 nitrogen and oxygen atoms in total. The van der Waals surface area contributed by atoms with Gasteiger partial charge in [-0.3, -0.25) is 4.79 Å². The average Bonchev–Trinajstić information content (AvgIpc) is 2.50. The lowest BCUT2D eigenvalue weighted by Crippen LogP contribution is -2.34. The van der Waals surface area contributed by atoms with E-state index in [1.165, 1.54) is 19.3 Å². The second kappa shape index (κ2) is 7.98. The van der Waals surface area contributed by atoms with Gasteiger partial charge < -0.3 is 15.2 Å². The van der Waals surface area contributed by atoms with Gasteiger partial charge in [0.05, 0.1) is 6.61 Å². The maximum Gasteiger partial charge on any atom is 0.323 e. The number of ether oxygens (including phenoxy) is 2. The van der Waals surface area contributed by atoms with Crippen LogP contribution in [0.3, 0.4) is 0 Å². The Morgan fingerprint density at radius 3 is 2.76 bits per heavy atom. The van der Waals surface area contributed by atoms with Crippen molar-refractivity contribution in [2.24, 2.45) is 5.73 Å². The van der Waals surface area contributed by atoms with Gasteiger partial charge in [0.1, 0.15) is 12.1 Å². The summed E-state index contributed by atoms with van der Waals surface area (Å²) in [7, 11) is 0. The summed E-state index contributed by atoms with van der Waals surface area (Å²) in [5, 5.41) is 0. The molecule has 2 N–H and O–H groups in total. The van der Waals surface area contributed by atoms with Crippen molar-refractivity contribution in [1.82, 2.24) is 4.98 Å². The minimum absolute atomic E-state index is 0.291. The third kappa shape index (κ3) is 5.01. The van der Waals surface area contributed by atoms with Crippen molar-refractivity contribution in [2.75, 3.05) is 6.61 Å². The number of rotatable bonds is 6. The minimum Gasteiger partial charge on any atom is -0.474 e. The van der Waals surface area contributed by atoms with Gasteiger partial charge in [-0.2, -0.15) is 0 Å². The van der Waals surface area contributed by atoms with Crippen LogP contribution in [0.1, 0.15) is 44.6 Å². The van der Waals surface area contributed by atoms with Crippen LogP contribution < -0.4 is 10.5 Å². The van der Waals surface area contributed by atoms with Gasteiger partial charge in [0.15, 0.2) is 0 Å². The number of esters is 1. The Balaban J connectivity index is 1.85. The van der Waals surface area contributed by atoms with Crippen molar-refractivity contribution in [2.45, 2.75) is 57.6 Å². The van der Waals surface area contributed by atoms with Gasteiger partial charge in [0, 0.05) is 12.3 Å². The quantitative estimate of drug-likeness (QED) is 0.814. The molecule has 1 aliphatic carbocycles. The molecule has 0 bridgehead atoms. The van der Waals surface area contributed by atoms with Crippen molar-refractivity contribution in [1.29, 1.82) is 0 Å². The summed E-state index contributed by atoms with van der Waals surface area (Å²) in [6, 6.07) is 3.11. The Labute approximate surface area is 125 Å². The zero-order chi connectivity index (χ0) is 15.1. The molecule has 0 aromatic carbocycles. The lowest BCUT2D eigenvalue weighted by atomic mass is 9.98. The molecule has 2 rings (SSSR count). The van der Waals surface area contributed by atoms with Gasteiger partial charge >= 0.3 is 5.97 Å². The van der Waals surface area contributed by atoms with Crippen LogP contribution in [-0.4, -0.2) is 29.7 Å². The smallest absolute Gasteiger partial charge is 0.323 e. The average molecular weight is 292 g/mol. The third-order valence-corrected chi connectivity index (χ3v) is 3.68. The first-order valence-electron chi connectivity index (χ1n) is 7.73. The first kappa shape index (κ1) is 15.8. The highest BCUT2D eigenvalue weighted by molar-refractivity contribution is 5.75. The van der Waals surface area contributed by atoms with E-state index in [0.29, 0.717) is 25.0 Å². The lowest BCUT2D eigenvalue weighted by molar-refractivity contribution is -0.144. The number of nitrogens with zero attached hydrogens (tertiary/aromatic N) is 1. The Morgan fingerprint density at radius 1 is 1.38 bits per heavy atom. The third-order valence-electron chi connectivity index (χ3n) is 3.68. The van der Waals surface area contributed by atoms with E-state index in [-0.39, 0.29) is 5.97 Å². The molecule has 5 heteroatoms. The largest absolute Gasteiger partial charge is 0.474 e. The highest BCUT2D eigenvalue weighted by Gasteiger charge is 2.17. The van der Waals surface area contributed by atoms with E-state index in [9.17, 15) is 4.79 Å². The highest BCUT2D eigenvalue weighted by atomic mass is 16.5. The van der Waals surface area contributed by atoms with E-state index >= 15 is 0 Å². The summed E-state index contributed by atoms with van der Waals surface area (Å²) in [6.45, 7) is 2.11. The molecule has 0 amide bonds. The fourth-order valence-electron chi connectivity index (χ4n) is 2.54. The molecule has 1 fully saturated rings. The SMILES string of the molecule is CCOC(=O)C(N)Cc1ccc(OC2CCCCC2)nc1. The summed E-state index contributed by atoms with van der Waals surface area (Å²) in [5.74, 6) is 0.274. The van der Waals surface area contributed by atoms with Gasteiger partial charge in [-0.15, -0.1) is 0 Å². The van der Waals surface area contributed by atoms with Crippen LogP contribution in [-0.2, 0) is 16.0 Å². The van der Waals surface area contributed by atoms with Crippen molar-refractivity contribution in [3.05, 3.63) is 23.9 Å². The molecule has 1 atom stereocenters. The van der Waals surface area contributed by atoms with Crippen LogP contribution in [0.15, 0.2) is 18.3 Å². The van der Waals surface area contributed by atoms with Crippen molar-refractivity contribution in [3.8, 4) is 5.88 Å². The topological polar surface area (TPSA) is 74.4 Å². The molecule has 1 saturated carbocycles. The van der Waals surface area contributed by atoms with E-state index in [2.05, 4.69) is 4.98 Å². The van der Waals surface area contributed by atoms with Gasteiger partial charge in [0.2, 0.25) is 5.88 Å². The lowest BCUT2D eigenvalue weighted by Gasteiger charge is -2.22. The predicted molar refractivity (Wildman–Crippen MR) is 80.1 cm³/mol. The summed E-state index contributed by atoms with van der Waals surface area (Å²) in [5.41, 5.74) is 6.70. The summed E-state index contributed by atoms with van der Waals surface area (Å²) < 4.78 is 10.8. The zero-order valence-electron chi connectivity index (χ0n) is 12.6. The zero-order valence-corrected chi connectivity index (χ0v) is 12.6. The molecule has 1 aliphatic rings. The van der Waals surface area contributed by atoms with Crippen molar-refractivity contribution < 1.29 is 14.3 Å². The normalized spacial score (nSPS) is 17.2. The van der Waals surface area contributed by atoms with E-state index < -0.39 is 6.04 Å². The molecule has 0 aliphatic heterocycles. The predicted octanol–water partition coefficient (Wildman–Crippen LogP) is 2.23.